The van der Waals surface area contributed by atoms with Crippen molar-refractivity contribution in [2.45, 2.75) is 18.1 Å². The lowest BCUT2D eigenvalue weighted by Gasteiger charge is -2.18. The molecule has 0 aliphatic heterocycles. The lowest BCUT2D eigenvalue weighted by Crippen LogP contribution is -2.42. The number of aliphatic carboxylic acids is 1. The molecular weight excluding hydrogens is 196 g/mol. The number of carboxylic acid groups (broad SMARTS) is 1. The molecule has 1 unspecified atom stereocenters. The van der Waals surface area contributed by atoms with Gasteiger partial charge in [-0.3, -0.25) is 14.4 Å². The SMILES string of the molecule is COC(=O)CC(S)(C(C)=O)C(=O)O. The highest BCUT2D eigenvalue weighted by Gasteiger charge is 2.42. The van der Waals surface area contributed by atoms with Crippen LogP contribution in [0.1, 0.15) is 13.3 Å². The zero-order chi connectivity index (χ0) is 10.6. The van der Waals surface area contributed by atoms with E-state index in [9.17, 15) is 14.4 Å². The Bertz CT molecular complexity index is 233. The van der Waals surface area contributed by atoms with Crippen molar-refractivity contribution in [2.75, 3.05) is 7.11 Å². The van der Waals surface area contributed by atoms with E-state index in [1.165, 1.54) is 0 Å². The van der Waals surface area contributed by atoms with E-state index in [2.05, 4.69) is 17.4 Å². The lowest BCUT2D eigenvalue weighted by molar-refractivity contribution is -0.150. The maximum atomic E-state index is 10.9. The van der Waals surface area contributed by atoms with Gasteiger partial charge in [0, 0.05) is 0 Å². The van der Waals surface area contributed by atoms with Crippen LogP contribution in [0.3, 0.4) is 0 Å². The van der Waals surface area contributed by atoms with Gasteiger partial charge in [-0.15, -0.1) is 0 Å². The van der Waals surface area contributed by atoms with Gasteiger partial charge in [0.2, 0.25) is 0 Å². The van der Waals surface area contributed by atoms with Gasteiger partial charge in [-0.05, 0) is 6.92 Å². The van der Waals surface area contributed by atoms with Gasteiger partial charge in [-0.2, -0.15) is 12.6 Å². The Labute approximate surface area is 80.5 Å². The molecule has 0 aliphatic rings. The molecule has 0 saturated carbocycles. The van der Waals surface area contributed by atoms with Crippen LogP contribution in [-0.4, -0.2) is 34.7 Å². The Balaban J connectivity index is 4.72. The molecule has 0 spiro atoms. The molecule has 0 aliphatic carbocycles. The quantitative estimate of drug-likeness (QED) is 0.381. The third-order valence-corrected chi connectivity index (χ3v) is 2.23. The molecule has 0 aromatic heterocycles. The summed E-state index contributed by atoms with van der Waals surface area (Å²) in [5.41, 5.74) is 0. The molecule has 5 nitrogen and oxygen atoms in total. The van der Waals surface area contributed by atoms with Crippen LogP contribution in [0.15, 0.2) is 0 Å². The van der Waals surface area contributed by atoms with Crippen LogP contribution in [0.4, 0.5) is 0 Å². The maximum absolute atomic E-state index is 10.9. The predicted molar refractivity (Wildman–Crippen MR) is 46.7 cm³/mol. The van der Waals surface area contributed by atoms with Crippen molar-refractivity contribution in [1.29, 1.82) is 0 Å². The Kier molecular flexibility index (Phi) is 3.93. The highest BCUT2D eigenvalue weighted by Crippen LogP contribution is 2.21. The number of ketones is 1. The second-order valence-electron chi connectivity index (χ2n) is 2.47. The van der Waals surface area contributed by atoms with Crippen molar-refractivity contribution in [1.82, 2.24) is 0 Å². The van der Waals surface area contributed by atoms with Crippen molar-refractivity contribution >= 4 is 30.4 Å². The van der Waals surface area contributed by atoms with Gasteiger partial charge >= 0.3 is 11.9 Å². The van der Waals surface area contributed by atoms with Crippen LogP contribution < -0.4 is 0 Å². The van der Waals surface area contributed by atoms with Crippen molar-refractivity contribution in [3.8, 4) is 0 Å². The predicted octanol–water partition coefficient (Wildman–Crippen LogP) is -0.108. The number of Topliss-reactive ketones (excluding diaryl/α,β-unsaturated/α-hetero) is 1. The summed E-state index contributed by atoms with van der Waals surface area (Å²) >= 11 is 3.65. The first-order valence-electron chi connectivity index (χ1n) is 3.38. The highest BCUT2D eigenvalue weighted by atomic mass is 32.1. The number of methoxy groups -OCH3 is 1. The van der Waals surface area contributed by atoms with E-state index in [0.29, 0.717) is 0 Å². The van der Waals surface area contributed by atoms with E-state index >= 15 is 0 Å². The van der Waals surface area contributed by atoms with Crippen LogP contribution in [0.2, 0.25) is 0 Å². The Morgan fingerprint density at radius 3 is 2.15 bits per heavy atom. The molecule has 6 heteroatoms. The molecule has 1 N–H and O–H groups in total. The van der Waals surface area contributed by atoms with E-state index in [1.54, 1.807) is 0 Å². The summed E-state index contributed by atoms with van der Waals surface area (Å²) in [7, 11) is 1.11. The fourth-order valence-corrected chi connectivity index (χ4v) is 0.761. The third kappa shape index (κ3) is 2.73. The van der Waals surface area contributed by atoms with Gasteiger partial charge in [0.15, 0.2) is 10.5 Å². The van der Waals surface area contributed by atoms with Gasteiger partial charge in [0.25, 0.3) is 0 Å². The van der Waals surface area contributed by atoms with E-state index in [0.717, 1.165) is 14.0 Å². The number of hydrogen-bond acceptors (Lipinski definition) is 5. The minimum atomic E-state index is -1.98. The standard InChI is InChI=1S/C7H10O5S/c1-4(8)7(13,6(10)11)3-5(9)12-2/h13H,3H2,1-2H3,(H,10,11). The lowest BCUT2D eigenvalue weighted by atomic mass is 10.0. The minimum Gasteiger partial charge on any atom is -0.480 e. The van der Waals surface area contributed by atoms with E-state index in [4.69, 9.17) is 5.11 Å². The van der Waals surface area contributed by atoms with Gasteiger partial charge in [-0.25, -0.2) is 0 Å². The number of carbonyl (C=O) groups is 3. The molecule has 0 heterocycles. The number of esters is 1. The molecule has 0 fully saturated rings. The number of hydrogen-bond donors (Lipinski definition) is 2. The number of thiol groups is 1. The Morgan fingerprint density at radius 2 is 1.92 bits per heavy atom. The summed E-state index contributed by atoms with van der Waals surface area (Å²) in [5.74, 6) is -2.94. The topological polar surface area (TPSA) is 80.7 Å². The number of carbonyl (C=O) groups excluding carboxylic acids is 2. The molecule has 0 rings (SSSR count). The summed E-state index contributed by atoms with van der Waals surface area (Å²) < 4.78 is 2.26. The molecule has 0 aromatic rings. The van der Waals surface area contributed by atoms with Gasteiger partial charge in [-0.1, -0.05) is 0 Å². The first kappa shape index (κ1) is 12.0. The molecule has 74 valence electrons. The molecule has 0 amide bonds. The zero-order valence-electron chi connectivity index (χ0n) is 7.23. The molecule has 0 saturated heterocycles. The van der Waals surface area contributed by atoms with Crippen molar-refractivity contribution in [3.63, 3.8) is 0 Å². The smallest absolute Gasteiger partial charge is 0.327 e. The fourth-order valence-electron chi connectivity index (χ4n) is 0.632. The van der Waals surface area contributed by atoms with Gasteiger partial charge < -0.3 is 9.84 Å². The summed E-state index contributed by atoms with van der Waals surface area (Å²) in [5, 5.41) is 8.64. The first-order valence-corrected chi connectivity index (χ1v) is 3.83. The summed E-state index contributed by atoms with van der Waals surface area (Å²) in [6.45, 7) is 1.06. The van der Waals surface area contributed by atoms with Crippen molar-refractivity contribution < 1.29 is 24.2 Å². The maximum Gasteiger partial charge on any atom is 0.327 e. The van der Waals surface area contributed by atoms with Crippen molar-refractivity contribution in [2.24, 2.45) is 0 Å². The third-order valence-electron chi connectivity index (χ3n) is 1.56. The summed E-state index contributed by atoms with van der Waals surface area (Å²) in [6.07, 6.45) is -0.572. The molecular formula is C7H10O5S. The summed E-state index contributed by atoms with van der Waals surface area (Å²) in [6, 6.07) is 0. The number of ether oxygens (including phenoxy) is 1. The second-order valence-corrected chi connectivity index (χ2v) is 3.24. The molecule has 0 radical (unpaired) electrons. The molecule has 13 heavy (non-hydrogen) atoms. The van der Waals surface area contributed by atoms with Gasteiger partial charge in [0.1, 0.15) is 0 Å². The van der Waals surface area contributed by atoms with E-state index in [-0.39, 0.29) is 0 Å². The first-order chi connectivity index (χ1) is 5.84. The van der Waals surface area contributed by atoms with Crippen LogP contribution in [0, 0.1) is 0 Å². The van der Waals surface area contributed by atoms with Crippen LogP contribution in [0.25, 0.3) is 0 Å². The van der Waals surface area contributed by atoms with E-state index in [1.807, 2.05) is 0 Å². The largest absolute Gasteiger partial charge is 0.480 e. The molecule has 0 aromatic carbocycles. The highest BCUT2D eigenvalue weighted by molar-refractivity contribution is 7.83. The average molecular weight is 206 g/mol. The Morgan fingerprint density at radius 1 is 1.46 bits per heavy atom. The fraction of sp³-hybridized carbons (Fsp3) is 0.571. The molecule has 1 atom stereocenters. The molecule has 0 bridgehead atoms. The van der Waals surface area contributed by atoms with Crippen LogP contribution >= 0.6 is 12.6 Å². The number of carboxylic acids is 1. The van der Waals surface area contributed by atoms with Crippen molar-refractivity contribution in [3.05, 3.63) is 0 Å². The normalized spacial score (nSPS) is 14.4. The minimum absolute atomic E-state index is 0.572. The monoisotopic (exact) mass is 206 g/mol. The van der Waals surface area contributed by atoms with Gasteiger partial charge in [0.05, 0.1) is 13.5 Å². The van der Waals surface area contributed by atoms with Crippen LogP contribution in [-0.2, 0) is 19.1 Å². The average Bonchev–Trinajstić information content (AvgIpc) is 2.03. The van der Waals surface area contributed by atoms with E-state index < -0.39 is 28.9 Å². The summed E-state index contributed by atoms with van der Waals surface area (Å²) in [4.78, 5) is 32.3. The second kappa shape index (κ2) is 4.27. The Hall–Kier alpha value is -1.04. The number of rotatable bonds is 4. The zero-order valence-corrected chi connectivity index (χ0v) is 8.13. The van der Waals surface area contributed by atoms with Crippen LogP contribution in [0.5, 0.6) is 0 Å².